The molecule has 0 heterocycles. The van der Waals surface area contributed by atoms with Crippen molar-refractivity contribution < 1.29 is 14.4 Å². The van der Waals surface area contributed by atoms with E-state index in [0.29, 0.717) is 23.5 Å². The molecule has 2 aromatic carbocycles. The van der Waals surface area contributed by atoms with E-state index in [4.69, 9.17) is 0 Å². The Labute approximate surface area is 158 Å². The Bertz CT molecular complexity index is 871. The highest BCUT2D eigenvalue weighted by Crippen LogP contribution is 2.17. The van der Waals surface area contributed by atoms with Crippen LogP contribution in [0.1, 0.15) is 35.3 Å². The van der Waals surface area contributed by atoms with Crippen LogP contribution in [0.2, 0.25) is 0 Å². The number of hydrogen-bond donors (Lipinski definition) is 3. The van der Waals surface area contributed by atoms with E-state index in [0.717, 1.165) is 11.1 Å². The van der Waals surface area contributed by atoms with E-state index in [1.165, 1.54) is 13.0 Å². The van der Waals surface area contributed by atoms with E-state index in [1.54, 1.807) is 48.5 Å². The average Bonchev–Trinajstić information content (AvgIpc) is 2.62. The summed E-state index contributed by atoms with van der Waals surface area (Å²) in [7, 11) is 0. The van der Waals surface area contributed by atoms with Crippen molar-refractivity contribution in [1.82, 2.24) is 5.32 Å². The first-order valence-electron chi connectivity index (χ1n) is 8.64. The third kappa shape index (κ3) is 6.11. The third-order valence-corrected chi connectivity index (χ3v) is 3.75. The minimum Gasteiger partial charge on any atom is -0.352 e. The molecule has 0 aromatic heterocycles. The molecule has 0 aliphatic heterocycles. The zero-order chi connectivity index (χ0) is 19.8. The number of hydrogen-bond acceptors (Lipinski definition) is 3. The molecule has 0 atom stereocenters. The van der Waals surface area contributed by atoms with Crippen molar-refractivity contribution in [2.75, 3.05) is 17.2 Å². The van der Waals surface area contributed by atoms with Crippen LogP contribution in [0.3, 0.4) is 0 Å². The van der Waals surface area contributed by atoms with Crippen LogP contribution in [-0.4, -0.2) is 24.3 Å². The van der Waals surface area contributed by atoms with Gasteiger partial charge in [0.25, 0.3) is 5.91 Å². The van der Waals surface area contributed by atoms with Gasteiger partial charge in [-0.2, -0.15) is 0 Å². The number of anilines is 2. The zero-order valence-corrected chi connectivity index (χ0v) is 15.6. The third-order valence-electron chi connectivity index (χ3n) is 3.75. The van der Waals surface area contributed by atoms with E-state index in [2.05, 4.69) is 16.0 Å². The largest absolute Gasteiger partial charge is 0.352 e. The van der Waals surface area contributed by atoms with Gasteiger partial charge in [0.2, 0.25) is 11.8 Å². The van der Waals surface area contributed by atoms with Crippen molar-refractivity contribution >= 4 is 35.2 Å². The van der Waals surface area contributed by atoms with Gasteiger partial charge in [-0.3, -0.25) is 14.4 Å². The maximum absolute atomic E-state index is 12.2. The fraction of sp³-hybridized carbons (Fsp3) is 0.190. The number of amides is 3. The van der Waals surface area contributed by atoms with Crippen LogP contribution in [0.25, 0.3) is 6.08 Å². The molecule has 0 unspecified atom stereocenters. The summed E-state index contributed by atoms with van der Waals surface area (Å²) in [5, 5.41) is 8.21. The average molecular weight is 365 g/mol. The number of rotatable bonds is 6. The molecule has 0 aliphatic carbocycles. The zero-order valence-electron chi connectivity index (χ0n) is 15.6. The van der Waals surface area contributed by atoms with Crippen LogP contribution in [0.15, 0.2) is 48.5 Å². The van der Waals surface area contributed by atoms with Crippen LogP contribution in [-0.2, 0) is 9.59 Å². The van der Waals surface area contributed by atoms with Gasteiger partial charge in [-0.25, -0.2) is 0 Å². The summed E-state index contributed by atoms with van der Waals surface area (Å²) in [4.78, 5) is 35.2. The fourth-order valence-corrected chi connectivity index (χ4v) is 2.39. The Hall–Kier alpha value is -3.41. The van der Waals surface area contributed by atoms with Gasteiger partial charge in [0, 0.05) is 36.5 Å². The van der Waals surface area contributed by atoms with Crippen LogP contribution < -0.4 is 16.0 Å². The Kier molecular flexibility index (Phi) is 6.88. The van der Waals surface area contributed by atoms with Crippen molar-refractivity contribution in [2.24, 2.45) is 0 Å². The fourth-order valence-electron chi connectivity index (χ4n) is 2.39. The molecular weight excluding hydrogens is 342 g/mol. The number of benzene rings is 2. The van der Waals surface area contributed by atoms with Crippen molar-refractivity contribution in [2.45, 2.75) is 20.8 Å². The molecule has 2 aromatic rings. The lowest BCUT2D eigenvalue weighted by Crippen LogP contribution is -2.23. The number of carbonyl (C=O) groups excluding carboxylic acids is 3. The summed E-state index contributed by atoms with van der Waals surface area (Å²) >= 11 is 0. The highest BCUT2D eigenvalue weighted by Gasteiger charge is 2.08. The molecule has 3 N–H and O–H groups in total. The normalized spacial score (nSPS) is 10.5. The lowest BCUT2D eigenvalue weighted by atomic mass is 10.1. The van der Waals surface area contributed by atoms with Crippen molar-refractivity contribution in [1.29, 1.82) is 0 Å². The Morgan fingerprint density at radius 1 is 1.00 bits per heavy atom. The van der Waals surface area contributed by atoms with Crippen molar-refractivity contribution in [3.63, 3.8) is 0 Å². The molecule has 140 valence electrons. The maximum Gasteiger partial charge on any atom is 0.251 e. The van der Waals surface area contributed by atoms with Crippen LogP contribution in [0.5, 0.6) is 0 Å². The Balaban J connectivity index is 2.04. The first-order valence-corrected chi connectivity index (χ1v) is 8.64. The van der Waals surface area contributed by atoms with Crippen LogP contribution in [0.4, 0.5) is 11.4 Å². The summed E-state index contributed by atoms with van der Waals surface area (Å²) in [5.74, 6) is -0.609. The van der Waals surface area contributed by atoms with E-state index in [1.807, 2.05) is 13.8 Å². The smallest absolute Gasteiger partial charge is 0.251 e. The summed E-state index contributed by atoms with van der Waals surface area (Å²) in [5.41, 5.74) is 3.48. The van der Waals surface area contributed by atoms with Gasteiger partial charge >= 0.3 is 0 Å². The van der Waals surface area contributed by atoms with Crippen LogP contribution >= 0.6 is 0 Å². The van der Waals surface area contributed by atoms with E-state index in [9.17, 15) is 14.4 Å². The van der Waals surface area contributed by atoms with Crippen LogP contribution in [0, 0.1) is 6.92 Å². The molecule has 2 rings (SSSR count). The number of nitrogens with one attached hydrogen (secondary N) is 3. The first-order chi connectivity index (χ1) is 12.9. The van der Waals surface area contributed by atoms with Gasteiger partial charge in [0.05, 0.1) is 0 Å². The number of carbonyl (C=O) groups is 3. The van der Waals surface area contributed by atoms with Gasteiger partial charge in [-0.15, -0.1) is 0 Å². The lowest BCUT2D eigenvalue weighted by molar-refractivity contribution is -0.114. The van der Waals surface area contributed by atoms with E-state index >= 15 is 0 Å². The molecule has 0 saturated carbocycles. The molecule has 27 heavy (non-hydrogen) atoms. The second-order valence-corrected chi connectivity index (χ2v) is 6.01. The topological polar surface area (TPSA) is 87.3 Å². The van der Waals surface area contributed by atoms with Gasteiger partial charge in [0.1, 0.15) is 0 Å². The predicted molar refractivity (Wildman–Crippen MR) is 108 cm³/mol. The summed E-state index contributed by atoms with van der Waals surface area (Å²) < 4.78 is 0. The van der Waals surface area contributed by atoms with Gasteiger partial charge in [0.15, 0.2) is 0 Å². The molecule has 3 amide bonds. The maximum atomic E-state index is 12.2. The van der Waals surface area contributed by atoms with E-state index < -0.39 is 0 Å². The monoisotopic (exact) mass is 365 g/mol. The summed E-state index contributed by atoms with van der Waals surface area (Å²) in [6.07, 6.45) is 3.10. The standard InChI is InChI=1S/C21H23N3O3/c1-4-22-21(27)17-9-5-14(2)19(13-17)24-20(26)12-8-16-6-10-18(11-7-16)23-15(3)25/h5-13H,4H2,1-3H3,(H,22,27)(H,23,25)(H,24,26). The number of aryl methyl sites for hydroxylation is 1. The molecular formula is C21H23N3O3. The molecule has 6 nitrogen and oxygen atoms in total. The molecule has 0 bridgehead atoms. The highest BCUT2D eigenvalue weighted by atomic mass is 16.2. The molecule has 0 fully saturated rings. The lowest BCUT2D eigenvalue weighted by Gasteiger charge is -2.09. The highest BCUT2D eigenvalue weighted by molar-refractivity contribution is 6.03. The SMILES string of the molecule is CCNC(=O)c1ccc(C)c(NC(=O)C=Cc2ccc(NC(C)=O)cc2)c1. The van der Waals surface area contributed by atoms with Gasteiger partial charge in [-0.1, -0.05) is 18.2 Å². The Morgan fingerprint density at radius 3 is 2.33 bits per heavy atom. The molecule has 0 aliphatic rings. The first kappa shape index (κ1) is 19.9. The molecule has 0 saturated heterocycles. The Morgan fingerprint density at radius 2 is 1.70 bits per heavy atom. The van der Waals surface area contributed by atoms with E-state index in [-0.39, 0.29) is 17.7 Å². The summed E-state index contributed by atoms with van der Waals surface area (Å²) in [6, 6.07) is 12.3. The van der Waals surface area contributed by atoms with Crippen molar-refractivity contribution in [3.05, 3.63) is 65.2 Å². The molecule has 6 heteroatoms. The second kappa shape index (κ2) is 9.33. The van der Waals surface area contributed by atoms with Gasteiger partial charge in [-0.05, 0) is 55.3 Å². The second-order valence-electron chi connectivity index (χ2n) is 6.01. The molecule has 0 radical (unpaired) electrons. The van der Waals surface area contributed by atoms with Crippen molar-refractivity contribution in [3.8, 4) is 0 Å². The quantitative estimate of drug-likeness (QED) is 0.686. The molecule has 0 spiro atoms. The minimum atomic E-state index is -0.294. The summed E-state index contributed by atoms with van der Waals surface area (Å²) in [6.45, 7) is 5.70. The predicted octanol–water partition coefficient (Wildman–Crippen LogP) is 3.36. The van der Waals surface area contributed by atoms with Gasteiger partial charge < -0.3 is 16.0 Å². The minimum absolute atomic E-state index is 0.136.